The molecule has 2 saturated heterocycles. The molecular weight excluding hydrogens is 320 g/mol. The number of fused-ring (bicyclic) bond motifs is 1. The lowest BCUT2D eigenvalue weighted by Crippen LogP contribution is -2.49. The first-order valence-corrected chi connectivity index (χ1v) is 9.05. The Morgan fingerprint density at radius 1 is 1.12 bits per heavy atom. The molecule has 0 radical (unpaired) electrons. The molecule has 0 aliphatic carbocycles. The highest BCUT2D eigenvalue weighted by Gasteiger charge is 2.27. The van der Waals surface area contributed by atoms with E-state index in [9.17, 15) is 9.59 Å². The summed E-state index contributed by atoms with van der Waals surface area (Å²) in [6.07, 6.45) is 3.35. The summed E-state index contributed by atoms with van der Waals surface area (Å²) in [5.41, 5.74) is 1.75. The van der Waals surface area contributed by atoms with Crippen molar-refractivity contribution in [1.29, 1.82) is 0 Å². The van der Waals surface area contributed by atoms with Crippen molar-refractivity contribution in [2.45, 2.75) is 37.8 Å². The Kier molecular flexibility index (Phi) is 4.48. The van der Waals surface area contributed by atoms with Crippen LogP contribution < -0.4 is 11.0 Å². The lowest BCUT2D eigenvalue weighted by molar-refractivity contribution is 0.0772. The molecule has 1 aromatic heterocycles. The number of hydrogen-bond donors (Lipinski definition) is 2. The van der Waals surface area contributed by atoms with Gasteiger partial charge in [0.15, 0.2) is 0 Å². The van der Waals surface area contributed by atoms with Gasteiger partial charge in [-0.25, -0.2) is 9.59 Å². The van der Waals surface area contributed by atoms with Crippen LogP contribution in [-0.4, -0.2) is 52.8 Å². The standard InChI is InChI=1S/C18H24N4O3/c23-17(19-13-7-11-25-12-8-13)21-9-5-14(6-10-21)22-16-4-2-1-3-15(16)20-18(22)24/h1-4,13-14H,5-12H2,(H,19,23)(H,20,24). The minimum absolute atomic E-state index is 0.0108. The van der Waals surface area contributed by atoms with Crippen LogP contribution in [0.15, 0.2) is 29.1 Å². The van der Waals surface area contributed by atoms with Crippen molar-refractivity contribution in [2.24, 2.45) is 0 Å². The molecule has 25 heavy (non-hydrogen) atoms. The summed E-state index contributed by atoms with van der Waals surface area (Å²) < 4.78 is 7.18. The van der Waals surface area contributed by atoms with Crippen LogP contribution in [0.4, 0.5) is 4.79 Å². The van der Waals surface area contributed by atoms with Gasteiger partial charge < -0.3 is 19.9 Å². The summed E-state index contributed by atoms with van der Waals surface area (Å²) in [6, 6.07) is 8.12. The molecule has 2 fully saturated rings. The number of imidazole rings is 1. The Balaban J connectivity index is 1.40. The number of nitrogens with zero attached hydrogens (tertiary/aromatic N) is 2. The number of hydrogen-bond acceptors (Lipinski definition) is 3. The van der Waals surface area contributed by atoms with Crippen LogP contribution in [-0.2, 0) is 4.74 Å². The lowest BCUT2D eigenvalue weighted by atomic mass is 10.0. The predicted molar refractivity (Wildman–Crippen MR) is 94.8 cm³/mol. The van der Waals surface area contributed by atoms with Crippen molar-refractivity contribution < 1.29 is 9.53 Å². The van der Waals surface area contributed by atoms with Gasteiger partial charge in [-0.3, -0.25) is 4.57 Å². The Morgan fingerprint density at radius 3 is 2.60 bits per heavy atom. The van der Waals surface area contributed by atoms with Gasteiger partial charge in [-0.05, 0) is 37.8 Å². The van der Waals surface area contributed by atoms with Crippen LogP contribution in [0.25, 0.3) is 11.0 Å². The Labute approximate surface area is 146 Å². The summed E-state index contributed by atoms with van der Waals surface area (Å²) in [6.45, 7) is 2.78. The van der Waals surface area contributed by atoms with Crippen LogP contribution in [0.2, 0.25) is 0 Å². The van der Waals surface area contributed by atoms with E-state index in [1.165, 1.54) is 0 Å². The number of benzene rings is 1. The second kappa shape index (κ2) is 6.92. The number of nitrogens with one attached hydrogen (secondary N) is 2. The van der Waals surface area contributed by atoms with E-state index in [1.807, 2.05) is 33.7 Å². The maximum atomic E-state index is 12.4. The molecular formula is C18H24N4O3. The molecule has 0 saturated carbocycles. The van der Waals surface area contributed by atoms with Gasteiger partial charge in [-0.2, -0.15) is 0 Å². The first kappa shape index (κ1) is 16.2. The number of para-hydroxylation sites is 2. The van der Waals surface area contributed by atoms with Gasteiger partial charge in [-0.15, -0.1) is 0 Å². The number of carbonyl (C=O) groups excluding carboxylic acids is 1. The average Bonchev–Trinajstić information content (AvgIpc) is 2.98. The van der Waals surface area contributed by atoms with Crippen molar-refractivity contribution in [3.8, 4) is 0 Å². The fourth-order valence-corrected chi connectivity index (χ4v) is 3.87. The number of urea groups is 1. The van der Waals surface area contributed by atoms with Gasteiger partial charge in [-0.1, -0.05) is 12.1 Å². The number of rotatable bonds is 2. The third-order valence-corrected chi connectivity index (χ3v) is 5.29. The predicted octanol–water partition coefficient (Wildman–Crippen LogP) is 1.86. The third kappa shape index (κ3) is 3.28. The SMILES string of the molecule is O=C(NC1CCOCC1)N1CCC(n2c(=O)[nH]c3ccccc32)CC1. The molecule has 7 nitrogen and oxygen atoms in total. The topological polar surface area (TPSA) is 79.4 Å². The van der Waals surface area contributed by atoms with Gasteiger partial charge in [0.1, 0.15) is 0 Å². The Morgan fingerprint density at radius 2 is 1.84 bits per heavy atom. The highest BCUT2D eigenvalue weighted by Crippen LogP contribution is 2.25. The van der Waals surface area contributed by atoms with E-state index in [4.69, 9.17) is 4.74 Å². The second-order valence-electron chi connectivity index (χ2n) is 6.87. The van der Waals surface area contributed by atoms with Crippen molar-refractivity contribution >= 4 is 17.1 Å². The number of amides is 2. The molecule has 2 amide bonds. The third-order valence-electron chi connectivity index (χ3n) is 5.29. The number of H-pyrrole nitrogens is 1. The van der Waals surface area contributed by atoms with E-state index in [2.05, 4.69) is 10.3 Å². The summed E-state index contributed by atoms with van der Waals surface area (Å²) in [5, 5.41) is 3.11. The smallest absolute Gasteiger partial charge is 0.326 e. The van der Waals surface area contributed by atoms with Crippen molar-refractivity contribution in [3.63, 3.8) is 0 Å². The fourth-order valence-electron chi connectivity index (χ4n) is 3.87. The van der Waals surface area contributed by atoms with E-state index < -0.39 is 0 Å². The van der Waals surface area contributed by atoms with Crippen LogP contribution in [0.1, 0.15) is 31.7 Å². The molecule has 0 spiro atoms. The average molecular weight is 344 g/mol. The first-order valence-electron chi connectivity index (χ1n) is 9.05. The number of ether oxygens (including phenoxy) is 1. The molecule has 2 aliphatic rings. The van der Waals surface area contributed by atoms with E-state index in [0.29, 0.717) is 13.1 Å². The normalized spacial score (nSPS) is 20.1. The van der Waals surface area contributed by atoms with Crippen molar-refractivity contribution in [2.75, 3.05) is 26.3 Å². The van der Waals surface area contributed by atoms with Gasteiger partial charge in [0, 0.05) is 38.4 Å². The molecule has 0 bridgehead atoms. The quantitative estimate of drug-likeness (QED) is 0.873. The summed E-state index contributed by atoms with van der Waals surface area (Å²) in [5.74, 6) is 0. The van der Waals surface area contributed by atoms with Gasteiger partial charge in [0.25, 0.3) is 0 Å². The van der Waals surface area contributed by atoms with Crippen LogP contribution in [0.3, 0.4) is 0 Å². The van der Waals surface area contributed by atoms with Crippen molar-refractivity contribution in [3.05, 3.63) is 34.7 Å². The monoisotopic (exact) mass is 344 g/mol. The summed E-state index contributed by atoms with van der Waals surface area (Å²) in [4.78, 5) is 29.5. The summed E-state index contributed by atoms with van der Waals surface area (Å²) in [7, 11) is 0. The largest absolute Gasteiger partial charge is 0.381 e. The molecule has 2 N–H and O–H groups in total. The molecule has 7 heteroatoms. The molecule has 3 heterocycles. The summed E-state index contributed by atoms with van der Waals surface area (Å²) >= 11 is 0. The van der Waals surface area contributed by atoms with Crippen LogP contribution >= 0.6 is 0 Å². The van der Waals surface area contributed by atoms with Crippen LogP contribution in [0.5, 0.6) is 0 Å². The second-order valence-corrected chi connectivity index (χ2v) is 6.87. The van der Waals surface area contributed by atoms with Crippen molar-refractivity contribution in [1.82, 2.24) is 19.8 Å². The van der Waals surface area contributed by atoms with Gasteiger partial charge in [0.2, 0.25) is 0 Å². The minimum Gasteiger partial charge on any atom is -0.381 e. The minimum atomic E-state index is -0.0636. The first-order chi connectivity index (χ1) is 12.2. The Bertz CT molecular complexity index is 798. The molecule has 2 aromatic rings. The number of carbonyl (C=O) groups is 1. The molecule has 0 atom stereocenters. The van der Waals surface area contributed by atoms with Gasteiger partial charge >= 0.3 is 11.7 Å². The molecule has 134 valence electrons. The zero-order valence-corrected chi connectivity index (χ0v) is 14.2. The maximum absolute atomic E-state index is 12.4. The maximum Gasteiger partial charge on any atom is 0.326 e. The number of piperidine rings is 1. The highest BCUT2D eigenvalue weighted by molar-refractivity contribution is 5.75. The van der Waals surface area contributed by atoms with Crippen LogP contribution in [0, 0.1) is 0 Å². The lowest BCUT2D eigenvalue weighted by Gasteiger charge is -2.34. The van der Waals surface area contributed by atoms with E-state index in [-0.39, 0.29) is 23.8 Å². The fraction of sp³-hybridized carbons (Fsp3) is 0.556. The number of aromatic amines is 1. The number of aromatic nitrogens is 2. The molecule has 1 aromatic carbocycles. The zero-order valence-electron chi connectivity index (χ0n) is 14.2. The molecule has 4 rings (SSSR count). The molecule has 2 aliphatic heterocycles. The van der Waals surface area contributed by atoms with Gasteiger partial charge in [0.05, 0.1) is 11.0 Å². The zero-order chi connectivity index (χ0) is 17.2. The highest BCUT2D eigenvalue weighted by atomic mass is 16.5. The van der Waals surface area contributed by atoms with E-state index in [0.717, 1.165) is 49.9 Å². The van der Waals surface area contributed by atoms with E-state index >= 15 is 0 Å². The van der Waals surface area contributed by atoms with E-state index in [1.54, 1.807) is 0 Å². The molecule has 0 unspecified atom stereocenters. The number of likely N-dealkylation sites (tertiary alicyclic amines) is 1. The Hall–Kier alpha value is -2.28.